The Labute approximate surface area is 157 Å². The third-order valence-corrected chi connectivity index (χ3v) is 4.26. The highest BCUT2D eigenvalue weighted by molar-refractivity contribution is 5.38. The molecule has 4 nitrogen and oxygen atoms in total. The summed E-state index contributed by atoms with van der Waals surface area (Å²) in [4.78, 5) is 2.04. The van der Waals surface area contributed by atoms with Gasteiger partial charge in [-0.25, -0.2) is 0 Å². The van der Waals surface area contributed by atoms with Crippen LogP contribution in [0.25, 0.3) is 0 Å². The lowest BCUT2D eigenvalue weighted by Crippen LogP contribution is -2.37. The molecule has 0 bridgehead atoms. The highest BCUT2D eigenvalue weighted by Gasteiger charge is 2.19. The lowest BCUT2D eigenvalue weighted by Gasteiger charge is -2.26. The van der Waals surface area contributed by atoms with Crippen molar-refractivity contribution in [1.82, 2.24) is 4.90 Å². The molecule has 0 heterocycles. The Morgan fingerprint density at radius 2 is 1.65 bits per heavy atom. The van der Waals surface area contributed by atoms with Crippen LogP contribution in [0.5, 0.6) is 5.75 Å². The molecule has 0 unspecified atom stereocenters. The van der Waals surface area contributed by atoms with E-state index in [0.717, 1.165) is 16.9 Å². The zero-order valence-corrected chi connectivity index (χ0v) is 16.1. The molecule has 0 radical (unpaired) electrons. The second-order valence-electron chi connectivity index (χ2n) is 7.66. The van der Waals surface area contributed by atoms with Crippen molar-refractivity contribution in [3.8, 4) is 5.75 Å². The predicted octanol–water partition coefficient (Wildman–Crippen LogP) is 3.22. The largest absolute Gasteiger partial charge is 0.491 e. The van der Waals surface area contributed by atoms with E-state index in [2.05, 4.69) is 26.8 Å². The molecule has 0 saturated heterocycles. The highest BCUT2D eigenvalue weighted by Crippen LogP contribution is 2.30. The minimum Gasteiger partial charge on any atom is -0.491 e. The van der Waals surface area contributed by atoms with Crippen molar-refractivity contribution in [2.75, 3.05) is 26.3 Å². The summed E-state index contributed by atoms with van der Waals surface area (Å²) < 4.78 is 5.92. The fraction of sp³-hybridized carbons (Fsp3) is 0.455. The van der Waals surface area contributed by atoms with Crippen LogP contribution in [0.15, 0.2) is 54.6 Å². The van der Waals surface area contributed by atoms with Crippen molar-refractivity contribution in [1.29, 1.82) is 0 Å². The fourth-order valence-corrected chi connectivity index (χ4v) is 2.97. The van der Waals surface area contributed by atoms with E-state index < -0.39 is 6.10 Å². The Hall–Kier alpha value is -1.88. The molecule has 26 heavy (non-hydrogen) atoms. The molecule has 2 aromatic carbocycles. The van der Waals surface area contributed by atoms with Gasteiger partial charge in [0.2, 0.25) is 0 Å². The molecule has 0 aromatic heterocycles. The lowest BCUT2D eigenvalue weighted by atomic mass is 9.86. The predicted molar refractivity (Wildman–Crippen MR) is 105 cm³/mol. The maximum atomic E-state index is 10.4. The second kappa shape index (κ2) is 9.72. The summed E-state index contributed by atoms with van der Waals surface area (Å²) in [6.07, 6.45) is -0.627. The zero-order chi connectivity index (χ0) is 19.0. The zero-order valence-electron chi connectivity index (χ0n) is 16.1. The first kappa shape index (κ1) is 20.4. The summed E-state index contributed by atoms with van der Waals surface area (Å²) in [5.41, 5.74) is 2.27. The normalized spacial score (nSPS) is 13.0. The summed E-state index contributed by atoms with van der Waals surface area (Å²) in [5.74, 6) is 0.816. The lowest BCUT2D eigenvalue weighted by molar-refractivity contribution is 0.0584. The molecule has 0 aliphatic heterocycles. The molecular weight excluding hydrogens is 326 g/mol. The molecule has 0 spiro atoms. The number of para-hydroxylation sites is 1. The first-order chi connectivity index (χ1) is 12.4. The maximum Gasteiger partial charge on any atom is 0.123 e. The van der Waals surface area contributed by atoms with Gasteiger partial charge in [-0.2, -0.15) is 0 Å². The van der Waals surface area contributed by atoms with E-state index in [4.69, 9.17) is 4.74 Å². The van der Waals surface area contributed by atoms with Gasteiger partial charge in [-0.05, 0) is 22.6 Å². The topological polar surface area (TPSA) is 52.9 Å². The van der Waals surface area contributed by atoms with E-state index >= 15 is 0 Å². The van der Waals surface area contributed by atoms with Crippen LogP contribution in [0, 0.1) is 0 Å². The number of aliphatic hydroxyl groups excluding tert-OH is 2. The average molecular weight is 357 g/mol. The molecule has 0 amide bonds. The van der Waals surface area contributed by atoms with Crippen molar-refractivity contribution < 1.29 is 14.9 Å². The second-order valence-corrected chi connectivity index (χ2v) is 7.66. The van der Waals surface area contributed by atoms with E-state index in [9.17, 15) is 10.2 Å². The highest BCUT2D eigenvalue weighted by atomic mass is 16.5. The van der Waals surface area contributed by atoms with Crippen molar-refractivity contribution in [2.24, 2.45) is 0 Å². The van der Waals surface area contributed by atoms with Gasteiger partial charge in [-0.15, -0.1) is 0 Å². The Kier molecular flexibility index (Phi) is 7.64. The number of rotatable bonds is 9. The monoisotopic (exact) mass is 357 g/mol. The molecule has 4 heteroatoms. The summed E-state index contributed by atoms with van der Waals surface area (Å²) in [5, 5.41) is 19.7. The number of benzene rings is 2. The van der Waals surface area contributed by atoms with Gasteiger partial charge in [-0.1, -0.05) is 69.3 Å². The standard InChI is InChI=1S/C22H31NO3/c1-22(2,3)20-11-7-8-12-21(20)26-17-19(25)16-23(13-14-24)15-18-9-5-4-6-10-18/h4-12,19,24-25H,13-17H2,1-3H3/t19-/m1/s1. The van der Waals surface area contributed by atoms with Gasteiger partial charge >= 0.3 is 0 Å². The number of aliphatic hydroxyl groups is 2. The van der Waals surface area contributed by atoms with E-state index in [1.807, 2.05) is 53.4 Å². The quantitative estimate of drug-likeness (QED) is 0.723. The SMILES string of the molecule is CC(C)(C)c1ccccc1OC[C@H](O)CN(CCO)Cc1ccccc1. The average Bonchev–Trinajstić information content (AvgIpc) is 2.60. The smallest absolute Gasteiger partial charge is 0.123 e. The summed E-state index contributed by atoms with van der Waals surface area (Å²) in [7, 11) is 0. The van der Waals surface area contributed by atoms with Crippen LogP contribution in [0.4, 0.5) is 0 Å². The Morgan fingerprint density at radius 1 is 1.00 bits per heavy atom. The Bertz CT molecular complexity index is 652. The third-order valence-electron chi connectivity index (χ3n) is 4.26. The summed E-state index contributed by atoms with van der Waals surface area (Å²) in [6, 6.07) is 18.0. The van der Waals surface area contributed by atoms with Crippen LogP contribution in [-0.2, 0) is 12.0 Å². The van der Waals surface area contributed by atoms with Crippen LogP contribution in [0.1, 0.15) is 31.9 Å². The molecule has 0 aliphatic carbocycles. The van der Waals surface area contributed by atoms with Gasteiger partial charge in [0, 0.05) is 19.6 Å². The molecule has 2 N–H and O–H groups in total. The first-order valence-corrected chi connectivity index (χ1v) is 9.17. The molecule has 0 saturated carbocycles. The van der Waals surface area contributed by atoms with Crippen LogP contribution in [0.2, 0.25) is 0 Å². The Balaban J connectivity index is 1.93. The van der Waals surface area contributed by atoms with Crippen molar-refractivity contribution in [3.63, 3.8) is 0 Å². The molecular formula is C22H31NO3. The molecule has 1 atom stereocenters. The third kappa shape index (κ3) is 6.45. The minimum absolute atomic E-state index is 0.0161. The molecule has 0 aliphatic rings. The fourth-order valence-electron chi connectivity index (χ4n) is 2.97. The number of nitrogens with zero attached hydrogens (tertiary/aromatic N) is 1. The van der Waals surface area contributed by atoms with Crippen LogP contribution in [-0.4, -0.2) is 47.5 Å². The van der Waals surface area contributed by atoms with Crippen LogP contribution in [0.3, 0.4) is 0 Å². The first-order valence-electron chi connectivity index (χ1n) is 9.17. The number of hydrogen-bond donors (Lipinski definition) is 2. The van der Waals surface area contributed by atoms with E-state index in [-0.39, 0.29) is 18.6 Å². The summed E-state index contributed by atoms with van der Waals surface area (Å²) in [6.45, 7) is 8.39. The molecule has 142 valence electrons. The van der Waals surface area contributed by atoms with Gasteiger partial charge in [0.1, 0.15) is 18.5 Å². The van der Waals surface area contributed by atoms with Gasteiger partial charge < -0.3 is 14.9 Å². The van der Waals surface area contributed by atoms with Crippen molar-refractivity contribution in [2.45, 2.75) is 38.8 Å². The van der Waals surface area contributed by atoms with Crippen LogP contribution >= 0.6 is 0 Å². The molecule has 0 fully saturated rings. The van der Waals surface area contributed by atoms with E-state index in [0.29, 0.717) is 19.6 Å². The minimum atomic E-state index is -0.627. The van der Waals surface area contributed by atoms with Crippen LogP contribution < -0.4 is 4.74 Å². The van der Waals surface area contributed by atoms with E-state index in [1.54, 1.807) is 0 Å². The van der Waals surface area contributed by atoms with Gasteiger partial charge in [0.05, 0.1) is 6.61 Å². The van der Waals surface area contributed by atoms with Crippen molar-refractivity contribution >= 4 is 0 Å². The maximum absolute atomic E-state index is 10.4. The molecule has 2 aromatic rings. The number of hydrogen-bond acceptors (Lipinski definition) is 4. The molecule has 2 rings (SSSR count). The van der Waals surface area contributed by atoms with Gasteiger partial charge in [0.15, 0.2) is 0 Å². The van der Waals surface area contributed by atoms with Gasteiger partial charge in [-0.3, -0.25) is 4.90 Å². The Morgan fingerprint density at radius 3 is 2.31 bits per heavy atom. The van der Waals surface area contributed by atoms with Crippen molar-refractivity contribution in [3.05, 3.63) is 65.7 Å². The summed E-state index contributed by atoms with van der Waals surface area (Å²) >= 11 is 0. The number of ether oxygens (including phenoxy) is 1. The van der Waals surface area contributed by atoms with Gasteiger partial charge in [0.25, 0.3) is 0 Å². The van der Waals surface area contributed by atoms with E-state index in [1.165, 1.54) is 0 Å².